The fourth-order valence-corrected chi connectivity index (χ4v) is 3.90. The van der Waals surface area contributed by atoms with Gasteiger partial charge in [0.25, 0.3) is 0 Å². The molecular weight excluding hydrogens is 304 g/mol. The van der Waals surface area contributed by atoms with E-state index in [4.69, 9.17) is 0 Å². The van der Waals surface area contributed by atoms with Crippen LogP contribution in [0.15, 0.2) is 12.2 Å². The van der Waals surface area contributed by atoms with Crippen molar-refractivity contribution in [3.63, 3.8) is 0 Å². The lowest BCUT2D eigenvalue weighted by Crippen LogP contribution is -2.34. The monoisotopic (exact) mass is 340 g/mol. The van der Waals surface area contributed by atoms with E-state index in [1.54, 1.807) is 6.92 Å². The third-order valence-corrected chi connectivity index (χ3v) is 5.86. The molecule has 1 rings (SSSR count). The summed E-state index contributed by atoms with van der Waals surface area (Å²) in [7, 11) is 1.32. The smallest absolute Gasteiger partial charge is 0.311 e. The maximum atomic E-state index is 11.5. The van der Waals surface area contributed by atoms with E-state index in [1.165, 1.54) is 25.5 Å². The predicted molar refractivity (Wildman–Crippen MR) is 96.5 cm³/mol. The first-order chi connectivity index (χ1) is 11.0. The van der Waals surface area contributed by atoms with E-state index in [-0.39, 0.29) is 5.41 Å². The molecule has 0 aliphatic heterocycles. The number of methoxy groups -OCH3 is 1. The molecule has 0 radical (unpaired) electrons. The van der Waals surface area contributed by atoms with Gasteiger partial charge in [0.15, 0.2) is 0 Å². The normalized spacial score (nSPS) is 25.6. The molecule has 24 heavy (non-hydrogen) atoms. The van der Waals surface area contributed by atoms with Crippen molar-refractivity contribution in [2.24, 2.45) is 17.3 Å². The Morgan fingerprint density at radius 2 is 2.08 bits per heavy atom. The summed E-state index contributed by atoms with van der Waals surface area (Å²) in [5.74, 6) is -0.540. The highest BCUT2D eigenvalue weighted by Crippen LogP contribution is 2.46. The predicted octanol–water partition coefficient (Wildman–Crippen LogP) is 3.85. The Morgan fingerprint density at radius 1 is 1.46 bits per heavy atom. The molecule has 0 amide bonds. The first-order valence-electron chi connectivity index (χ1n) is 9.16. The molecule has 0 aromatic rings. The van der Waals surface area contributed by atoms with E-state index < -0.39 is 23.6 Å². The van der Waals surface area contributed by atoms with Crippen molar-refractivity contribution in [3.05, 3.63) is 12.2 Å². The average Bonchev–Trinajstić information content (AvgIpc) is 2.49. The number of ether oxygens (including phenoxy) is 1. The Balaban J connectivity index is 2.51. The fraction of sp³-hybridized carbons (Fsp3) is 0.850. The molecule has 1 saturated carbocycles. The summed E-state index contributed by atoms with van der Waals surface area (Å²) >= 11 is 0. The van der Waals surface area contributed by atoms with Crippen molar-refractivity contribution in [1.82, 2.24) is 0 Å². The van der Waals surface area contributed by atoms with Crippen molar-refractivity contribution in [1.29, 1.82) is 0 Å². The number of carbonyl (C=O) groups excluding carboxylic acids is 1. The molecule has 0 saturated heterocycles. The van der Waals surface area contributed by atoms with Crippen LogP contribution in [0.2, 0.25) is 0 Å². The van der Waals surface area contributed by atoms with E-state index in [0.29, 0.717) is 25.2 Å². The van der Waals surface area contributed by atoms with Crippen molar-refractivity contribution in [3.8, 4) is 0 Å². The zero-order valence-electron chi connectivity index (χ0n) is 16.1. The molecule has 0 heterocycles. The minimum absolute atomic E-state index is 0.240. The van der Waals surface area contributed by atoms with Crippen molar-refractivity contribution >= 4 is 5.97 Å². The van der Waals surface area contributed by atoms with Crippen LogP contribution in [-0.2, 0) is 9.53 Å². The lowest BCUT2D eigenvalue weighted by Gasteiger charge is -2.41. The molecular formula is C20H36O4. The quantitative estimate of drug-likeness (QED) is 0.520. The van der Waals surface area contributed by atoms with E-state index in [1.807, 2.05) is 6.92 Å². The Kier molecular flexibility index (Phi) is 7.48. The van der Waals surface area contributed by atoms with Gasteiger partial charge in [-0.3, -0.25) is 4.79 Å². The summed E-state index contributed by atoms with van der Waals surface area (Å²) in [6.45, 7) is 12.3. The largest absolute Gasteiger partial charge is 0.469 e. The van der Waals surface area contributed by atoms with Crippen LogP contribution in [-0.4, -0.2) is 35.0 Å². The highest BCUT2D eigenvalue weighted by atomic mass is 16.5. The fourth-order valence-electron chi connectivity index (χ4n) is 3.90. The van der Waals surface area contributed by atoms with E-state index >= 15 is 0 Å². The molecule has 1 aliphatic carbocycles. The van der Waals surface area contributed by atoms with Gasteiger partial charge in [0, 0.05) is 0 Å². The lowest BCUT2D eigenvalue weighted by molar-refractivity contribution is -0.149. The first-order valence-corrected chi connectivity index (χ1v) is 9.16. The summed E-state index contributed by atoms with van der Waals surface area (Å²) in [6, 6.07) is 0. The van der Waals surface area contributed by atoms with Gasteiger partial charge in [0.2, 0.25) is 0 Å². The Labute approximate surface area is 147 Å². The van der Waals surface area contributed by atoms with E-state index in [9.17, 15) is 15.0 Å². The number of hydrogen-bond acceptors (Lipinski definition) is 4. The molecule has 0 aromatic carbocycles. The zero-order chi connectivity index (χ0) is 18.5. The van der Waals surface area contributed by atoms with E-state index in [0.717, 1.165) is 12.8 Å². The van der Waals surface area contributed by atoms with Crippen LogP contribution in [0.4, 0.5) is 0 Å². The molecule has 0 spiro atoms. The molecule has 1 fully saturated rings. The minimum atomic E-state index is -0.843. The topological polar surface area (TPSA) is 66.8 Å². The summed E-state index contributed by atoms with van der Waals surface area (Å²) in [5.41, 5.74) is 0.705. The first kappa shape index (κ1) is 21.2. The SMILES string of the molecule is C=C1CCCC(C)(C)C1CC[C@@](C)(O)CC[C@@H](O)[C@@H](C)C(=O)OC. The summed E-state index contributed by atoms with van der Waals surface area (Å²) in [4.78, 5) is 11.5. The molecule has 140 valence electrons. The number of aliphatic hydroxyl groups excluding tert-OH is 1. The second-order valence-corrected chi connectivity index (χ2v) is 8.51. The van der Waals surface area contributed by atoms with Crippen LogP contribution in [0, 0.1) is 17.3 Å². The standard InChI is InChI=1S/C20H36O4/c1-14-8-7-11-19(3,4)16(14)9-12-20(5,23)13-10-17(21)15(2)18(22)24-6/h15-17,21,23H,1,7-13H2,2-6H3/t15-,16?,17-,20-/m1/s1. The second kappa shape index (κ2) is 8.48. The summed E-state index contributed by atoms with van der Waals surface area (Å²) in [5, 5.41) is 20.8. The second-order valence-electron chi connectivity index (χ2n) is 8.51. The van der Waals surface area contributed by atoms with Crippen LogP contribution in [0.1, 0.15) is 72.6 Å². The van der Waals surface area contributed by atoms with Crippen molar-refractivity contribution in [2.75, 3.05) is 7.11 Å². The minimum Gasteiger partial charge on any atom is -0.469 e. The number of carbonyl (C=O) groups is 1. The number of hydrogen-bond donors (Lipinski definition) is 2. The molecule has 4 atom stereocenters. The Bertz CT molecular complexity index is 439. The van der Waals surface area contributed by atoms with Crippen molar-refractivity contribution in [2.45, 2.75) is 84.3 Å². The van der Waals surface area contributed by atoms with Gasteiger partial charge in [-0.15, -0.1) is 0 Å². The zero-order valence-corrected chi connectivity index (χ0v) is 16.1. The summed E-state index contributed by atoms with van der Waals surface area (Å²) < 4.78 is 4.66. The van der Waals surface area contributed by atoms with Gasteiger partial charge in [-0.05, 0) is 70.1 Å². The molecule has 0 aromatic heterocycles. The third-order valence-electron chi connectivity index (χ3n) is 5.86. The van der Waals surface area contributed by atoms with Gasteiger partial charge < -0.3 is 14.9 Å². The number of aliphatic hydroxyl groups is 2. The molecule has 1 unspecified atom stereocenters. The number of esters is 1. The highest BCUT2D eigenvalue weighted by Gasteiger charge is 2.36. The maximum absolute atomic E-state index is 11.5. The van der Waals surface area contributed by atoms with Gasteiger partial charge in [-0.2, -0.15) is 0 Å². The van der Waals surface area contributed by atoms with Gasteiger partial charge in [0.05, 0.1) is 24.7 Å². The molecule has 4 heteroatoms. The van der Waals surface area contributed by atoms with Gasteiger partial charge in [-0.25, -0.2) is 0 Å². The van der Waals surface area contributed by atoms with Crippen molar-refractivity contribution < 1.29 is 19.7 Å². The van der Waals surface area contributed by atoms with Crippen LogP contribution in [0.3, 0.4) is 0 Å². The number of rotatable bonds is 8. The highest BCUT2D eigenvalue weighted by molar-refractivity contribution is 5.72. The maximum Gasteiger partial charge on any atom is 0.311 e. The van der Waals surface area contributed by atoms with Crippen LogP contribution in [0.25, 0.3) is 0 Å². The Morgan fingerprint density at radius 3 is 2.62 bits per heavy atom. The van der Waals surface area contributed by atoms with Crippen LogP contribution in [0.5, 0.6) is 0 Å². The van der Waals surface area contributed by atoms with Crippen LogP contribution >= 0.6 is 0 Å². The third kappa shape index (κ3) is 5.89. The average molecular weight is 341 g/mol. The van der Waals surface area contributed by atoms with Crippen LogP contribution < -0.4 is 0 Å². The van der Waals surface area contributed by atoms with Gasteiger partial charge in [0.1, 0.15) is 0 Å². The van der Waals surface area contributed by atoms with Gasteiger partial charge >= 0.3 is 5.97 Å². The Hall–Kier alpha value is -0.870. The lowest BCUT2D eigenvalue weighted by atomic mass is 9.64. The molecule has 2 N–H and O–H groups in total. The summed E-state index contributed by atoms with van der Waals surface area (Å²) in [6.07, 6.45) is 5.16. The molecule has 4 nitrogen and oxygen atoms in total. The molecule has 0 bridgehead atoms. The molecule has 1 aliphatic rings. The number of allylic oxidation sites excluding steroid dienone is 1. The van der Waals surface area contributed by atoms with E-state index in [2.05, 4.69) is 25.2 Å². The van der Waals surface area contributed by atoms with Gasteiger partial charge in [-0.1, -0.05) is 26.0 Å².